The summed E-state index contributed by atoms with van der Waals surface area (Å²) in [6, 6.07) is 15.8. The van der Waals surface area contributed by atoms with Gasteiger partial charge in [-0.25, -0.2) is 0 Å². The maximum Gasteiger partial charge on any atom is 0.0320 e. The van der Waals surface area contributed by atoms with Crippen LogP contribution in [0.4, 0.5) is 5.69 Å². The molecule has 0 amide bonds. The van der Waals surface area contributed by atoms with Crippen molar-refractivity contribution in [1.82, 2.24) is 0 Å². The van der Waals surface area contributed by atoms with Gasteiger partial charge in [0.05, 0.1) is 0 Å². The van der Waals surface area contributed by atoms with E-state index in [1.165, 1.54) is 0 Å². The zero-order valence-electron chi connectivity index (χ0n) is 7.64. The molecular formula is C12H11NS. The molecule has 0 saturated carbocycles. The van der Waals surface area contributed by atoms with Crippen LogP contribution in [0.2, 0.25) is 0 Å². The summed E-state index contributed by atoms with van der Waals surface area (Å²) in [6.07, 6.45) is 0. The average Bonchev–Trinajstić information content (AvgIpc) is 2.18. The summed E-state index contributed by atoms with van der Waals surface area (Å²) in [7, 11) is 0. The Labute approximate surface area is 89.0 Å². The van der Waals surface area contributed by atoms with E-state index in [1.54, 1.807) is 0 Å². The topological polar surface area (TPSA) is 26.0 Å². The molecule has 0 saturated heterocycles. The molecule has 0 spiro atoms. The van der Waals surface area contributed by atoms with E-state index in [2.05, 4.69) is 12.6 Å². The summed E-state index contributed by atoms with van der Waals surface area (Å²) in [5.41, 5.74) is 8.72. The predicted molar refractivity (Wildman–Crippen MR) is 63.5 cm³/mol. The molecule has 2 aromatic carbocycles. The van der Waals surface area contributed by atoms with E-state index in [0.717, 1.165) is 21.7 Å². The number of rotatable bonds is 1. The second-order valence-electron chi connectivity index (χ2n) is 3.14. The number of thiol groups is 1. The van der Waals surface area contributed by atoms with Crippen molar-refractivity contribution < 1.29 is 0 Å². The number of nitrogen functional groups attached to an aromatic ring is 1. The van der Waals surface area contributed by atoms with Crippen LogP contribution in [0.25, 0.3) is 11.1 Å². The first-order chi connectivity index (χ1) is 6.77. The molecular weight excluding hydrogens is 190 g/mol. The van der Waals surface area contributed by atoms with Gasteiger partial charge in [0.2, 0.25) is 0 Å². The molecule has 14 heavy (non-hydrogen) atoms. The Hall–Kier alpha value is -1.41. The Bertz CT molecular complexity index is 452. The van der Waals surface area contributed by atoms with Gasteiger partial charge in [-0.3, -0.25) is 0 Å². The van der Waals surface area contributed by atoms with Gasteiger partial charge < -0.3 is 5.73 Å². The molecule has 0 fully saturated rings. The molecule has 2 N–H and O–H groups in total. The average molecular weight is 201 g/mol. The van der Waals surface area contributed by atoms with E-state index < -0.39 is 0 Å². The molecule has 0 aromatic heterocycles. The minimum Gasteiger partial charge on any atom is -0.399 e. The molecule has 1 nitrogen and oxygen atoms in total. The highest BCUT2D eigenvalue weighted by Gasteiger charge is 2.00. The van der Waals surface area contributed by atoms with Crippen LogP contribution >= 0.6 is 12.6 Å². The lowest BCUT2D eigenvalue weighted by atomic mass is 10.1. The molecule has 0 heterocycles. The molecule has 2 aromatic rings. The van der Waals surface area contributed by atoms with Gasteiger partial charge in [-0.05, 0) is 29.3 Å². The minimum atomic E-state index is 0.777. The van der Waals surface area contributed by atoms with E-state index in [1.807, 2.05) is 48.5 Å². The van der Waals surface area contributed by atoms with E-state index >= 15 is 0 Å². The van der Waals surface area contributed by atoms with Crippen LogP contribution < -0.4 is 5.73 Å². The molecule has 0 atom stereocenters. The molecule has 0 aliphatic rings. The van der Waals surface area contributed by atoms with E-state index in [9.17, 15) is 0 Å². The van der Waals surface area contributed by atoms with Crippen LogP contribution in [0.1, 0.15) is 0 Å². The highest BCUT2D eigenvalue weighted by molar-refractivity contribution is 7.80. The number of anilines is 1. The lowest BCUT2D eigenvalue weighted by Crippen LogP contribution is -1.85. The van der Waals surface area contributed by atoms with Gasteiger partial charge >= 0.3 is 0 Å². The van der Waals surface area contributed by atoms with Crippen LogP contribution in [-0.4, -0.2) is 0 Å². The lowest BCUT2D eigenvalue weighted by molar-refractivity contribution is 1.46. The zero-order chi connectivity index (χ0) is 9.97. The van der Waals surface area contributed by atoms with Crippen molar-refractivity contribution in [3.63, 3.8) is 0 Å². The van der Waals surface area contributed by atoms with Crippen molar-refractivity contribution in [3.05, 3.63) is 48.5 Å². The maximum atomic E-state index is 5.72. The smallest absolute Gasteiger partial charge is 0.0320 e. The van der Waals surface area contributed by atoms with Crippen molar-refractivity contribution in [2.75, 3.05) is 5.73 Å². The Morgan fingerprint density at radius 3 is 2.43 bits per heavy atom. The van der Waals surface area contributed by atoms with Gasteiger partial charge in [-0.1, -0.05) is 30.3 Å². The van der Waals surface area contributed by atoms with Crippen molar-refractivity contribution in [3.8, 4) is 11.1 Å². The van der Waals surface area contributed by atoms with E-state index in [4.69, 9.17) is 5.73 Å². The van der Waals surface area contributed by atoms with Crippen molar-refractivity contribution in [2.45, 2.75) is 4.90 Å². The van der Waals surface area contributed by atoms with Crippen molar-refractivity contribution in [2.24, 2.45) is 0 Å². The van der Waals surface area contributed by atoms with Crippen LogP contribution in [0.3, 0.4) is 0 Å². The third-order valence-corrected chi connectivity index (χ3v) is 2.49. The van der Waals surface area contributed by atoms with Crippen LogP contribution in [0.15, 0.2) is 53.4 Å². The number of benzene rings is 2. The molecule has 0 aliphatic carbocycles. The number of nitrogens with two attached hydrogens (primary N) is 1. The summed E-state index contributed by atoms with van der Waals surface area (Å²) >= 11 is 4.40. The quantitative estimate of drug-likeness (QED) is 0.537. The molecule has 2 rings (SSSR count). The maximum absolute atomic E-state index is 5.72. The fraction of sp³-hybridized carbons (Fsp3) is 0. The van der Waals surface area contributed by atoms with Crippen LogP contribution in [-0.2, 0) is 0 Å². The first-order valence-corrected chi connectivity index (χ1v) is 4.86. The highest BCUT2D eigenvalue weighted by Crippen LogP contribution is 2.27. The van der Waals surface area contributed by atoms with Gasteiger partial charge in [-0.2, -0.15) is 0 Å². The van der Waals surface area contributed by atoms with Crippen LogP contribution in [0, 0.1) is 0 Å². The Kier molecular flexibility index (Phi) is 2.46. The van der Waals surface area contributed by atoms with Gasteiger partial charge in [-0.15, -0.1) is 12.6 Å². The molecule has 0 bridgehead atoms. The minimum absolute atomic E-state index is 0.777. The van der Waals surface area contributed by atoms with Crippen molar-refractivity contribution in [1.29, 1.82) is 0 Å². The molecule has 70 valence electrons. The van der Waals surface area contributed by atoms with Crippen molar-refractivity contribution >= 4 is 18.3 Å². The van der Waals surface area contributed by atoms with E-state index in [0.29, 0.717) is 0 Å². The molecule has 0 unspecified atom stereocenters. The standard InChI is InChI=1S/C12H11NS/c13-10-5-3-4-9(8-10)11-6-1-2-7-12(11)14/h1-8,14H,13H2. The lowest BCUT2D eigenvalue weighted by Gasteiger charge is -2.05. The SMILES string of the molecule is Nc1cccc(-c2ccccc2S)c1. The summed E-state index contributed by atoms with van der Waals surface area (Å²) < 4.78 is 0. The summed E-state index contributed by atoms with van der Waals surface area (Å²) in [6.45, 7) is 0. The van der Waals surface area contributed by atoms with Crippen LogP contribution in [0.5, 0.6) is 0 Å². The molecule has 0 aliphatic heterocycles. The normalized spacial score (nSPS) is 10.1. The number of hydrogen-bond donors (Lipinski definition) is 2. The second kappa shape index (κ2) is 3.76. The molecule has 2 heteroatoms. The molecule has 0 radical (unpaired) electrons. The Balaban J connectivity index is 2.55. The number of hydrogen-bond acceptors (Lipinski definition) is 2. The van der Waals surface area contributed by atoms with Gasteiger partial charge in [0, 0.05) is 10.6 Å². The zero-order valence-corrected chi connectivity index (χ0v) is 8.54. The first kappa shape index (κ1) is 9.16. The van der Waals surface area contributed by atoms with Gasteiger partial charge in [0.1, 0.15) is 0 Å². The fourth-order valence-corrected chi connectivity index (χ4v) is 1.71. The van der Waals surface area contributed by atoms with Gasteiger partial charge in [0.25, 0.3) is 0 Å². The second-order valence-corrected chi connectivity index (χ2v) is 3.62. The fourth-order valence-electron chi connectivity index (χ4n) is 1.42. The third kappa shape index (κ3) is 1.75. The van der Waals surface area contributed by atoms with Gasteiger partial charge in [0.15, 0.2) is 0 Å². The monoisotopic (exact) mass is 201 g/mol. The summed E-state index contributed by atoms with van der Waals surface area (Å²) in [5, 5.41) is 0. The Morgan fingerprint density at radius 2 is 1.71 bits per heavy atom. The summed E-state index contributed by atoms with van der Waals surface area (Å²) in [5.74, 6) is 0. The third-order valence-electron chi connectivity index (χ3n) is 2.10. The first-order valence-electron chi connectivity index (χ1n) is 4.41. The van der Waals surface area contributed by atoms with E-state index in [-0.39, 0.29) is 0 Å². The predicted octanol–water partition coefficient (Wildman–Crippen LogP) is 3.22. The largest absolute Gasteiger partial charge is 0.399 e. The Morgan fingerprint density at radius 1 is 0.929 bits per heavy atom. The summed E-state index contributed by atoms with van der Waals surface area (Å²) in [4.78, 5) is 0.970. The highest BCUT2D eigenvalue weighted by atomic mass is 32.1.